The van der Waals surface area contributed by atoms with Gasteiger partial charge in [0.25, 0.3) is 5.91 Å². The van der Waals surface area contributed by atoms with Crippen LogP contribution in [0.5, 0.6) is 5.75 Å². The van der Waals surface area contributed by atoms with Crippen LogP contribution in [0.4, 0.5) is 0 Å². The van der Waals surface area contributed by atoms with Crippen LogP contribution in [0.2, 0.25) is 0 Å². The van der Waals surface area contributed by atoms with Crippen LogP contribution in [0.15, 0.2) is 48.5 Å². The number of carbonyl (C=O) groups excluding carboxylic acids is 1. The van der Waals surface area contributed by atoms with E-state index in [9.17, 15) is 4.79 Å². The van der Waals surface area contributed by atoms with Crippen LogP contribution in [-0.4, -0.2) is 36.3 Å². The summed E-state index contributed by atoms with van der Waals surface area (Å²) in [4.78, 5) is 16.9. The molecule has 1 aliphatic heterocycles. The van der Waals surface area contributed by atoms with Gasteiger partial charge in [0.2, 0.25) is 0 Å². The van der Waals surface area contributed by atoms with E-state index in [1.807, 2.05) is 42.5 Å². The van der Waals surface area contributed by atoms with E-state index in [1.54, 1.807) is 18.3 Å². The predicted octanol–water partition coefficient (Wildman–Crippen LogP) is 4.03. The van der Waals surface area contributed by atoms with E-state index in [-0.39, 0.29) is 12.0 Å². The van der Waals surface area contributed by atoms with Crippen LogP contribution in [-0.2, 0) is 9.53 Å². The number of ether oxygens (including phenoxy) is 2. The fourth-order valence-electron chi connectivity index (χ4n) is 3.09. The molecule has 27 heavy (non-hydrogen) atoms. The molecule has 2 atom stereocenters. The number of para-hydroxylation sites is 1. The maximum atomic E-state index is 12.2. The van der Waals surface area contributed by atoms with Crippen molar-refractivity contribution in [2.75, 3.05) is 13.2 Å². The second-order valence-electron chi connectivity index (χ2n) is 6.65. The third kappa shape index (κ3) is 4.28. The van der Waals surface area contributed by atoms with Crippen molar-refractivity contribution < 1.29 is 14.3 Å². The van der Waals surface area contributed by atoms with Crippen molar-refractivity contribution in [3.05, 3.63) is 48.5 Å². The highest BCUT2D eigenvalue weighted by molar-refractivity contribution is 7.21. The van der Waals surface area contributed by atoms with Gasteiger partial charge >= 0.3 is 0 Å². The zero-order valence-corrected chi connectivity index (χ0v) is 16.0. The first kappa shape index (κ1) is 17.9. The summed E-state index contributed by atoms with van der Waals surface area (Å²) in [5.74, 6) is 0.542. The Morgan fingerprint density at radius 3 is 2.85 bits per heavy atom. The minimum absolute atomic E-state index is 0.124. The molecule has 1 aromatic heterocycles. The number of aromatic nitrogens is 1. The number of benzene rings is 2. The number of carbonyl (C=O) groups is 1. The number of amides is 1. The first-order valence-electron chi connectivity index (χ1n) is 9.21. The van der Waals surface area contributed by atoms with Crippen molar-refractivity contribution in [3.8, 4) is 16.3 Å². The molecule has 0 saturated carbocycles. The molecular weight excluding hydrogens is 360 g/mol. The second kappa shape index (κ2) is 8.06. The Balaban J connectivity index is 1.36. The molecule has 3 aromatic rings. The maximum Gasteiger partial charge on any atom is 0.260 e. The molecule has 0 radical (unpaired) electrons. The van der Waals surface area contributed by atoms with Crippen molar-refractivity contribution in [2.45, 2.75) is 32.0 Å². The molecule has 5 nitrogen and oxygen atoms in total. The lowest BCUT2D eigenvalue weighted by atomic mass is 10.2. The standard InChI is InChI=1S/C21H22N2O3S/c1-14(20(24)22-13-17-5-4-12-25-17)26-16-10-8-15(9-11-16)21-23-18-6-2-3-7-19(18)27-21/h2-3,6-11,14,17H,4-5,12-13H2,1H3,(H,22,24). The fraction of sp³-hybridized carbons (Fsp3) is 0.333. The largest absolute Gasteiger partial charge is 0.481 e. The lowest BCUT2D eigenvalue weighted by Gasteiger charge is -2.16. The van der Waals surface area contributed by atoms with Gasteiger partial charge in [-0.3, -0.25) is 4.79 Å². The molecule has 140 valence electrons. The first-order chi connectivity index (χ1) is 13.2. The number of rotatable bonds is 6. The summed E-state index contributed by atoms with van der Waals surface area (Å²) in [7, 11) is 0. The summed E-state index contributed by atoms with van der Waals surface area (Å²) in [5.41, 5.74) is 2.05. The number of hydrogen-bond donors (Lipinski definition) is 1. The minimum Gasteiger partial charge on any atom is -0.481 e. The number of nitrogens with zero attached hydrogens (tertiary/aromatic N) is 1. The topological polar surface area (TPSA) is 60.5 Å². The summed E-state index contributed by atoms with van der Waals surface area (Å²) in [5, 5.41) is 3.88. The Morgan fingerprint density at radius 2 is 2.11 bits per heavy atom. The van der Waals surface area contributed by atoms with Gasteiger partial charge in [-0.05, 0) is 56.2 Å². The van der Waals surface area contributed by atoms with Gasteiger partial charge in [0.15, 0.2) is 6.10 Å². The molecule has 2 unspecified atom stereocenters. The summed E-state index contributed by atoms with van der Waals surface area (Å²) >= 11 is 1.67. The van der Waals surface area contributed by atoms with E-state index < -0.39 is 6.10 Å². The molecule has 0 spiro atoms. The van der Waals surface area contributed by atoms with Crippen molar-refractivity contribution in [3.63, 3.8) is 0 Å². The van der Waals surface area contributed by atoms with Gasteiger partial charge in [-0.1, -0.05) is 12.1 Å². The monoisotopic (exact) mass is 382 g/mol. The Labute approximate surface area is 162 Å². The van der Waals surface area contributed by atoms with Gasteiger partial charge in [-0.15, -0.1) is 11.3 Å². The van der Waals surface area contributed by atoms with E-state index >= 15 is 0 Å². The highest BCUT2D eigenvalue weighted by Crippen LogP contribution is 2.31. The second-order valence-corrected chi connectivity index (χ2v) is 7.68. The lowest BCUT2D eigenvalue weighted by molar-refractivity contribution is -0.127. The first-order valence-corrected chi connectivity index (χ1v) is 10.0. The van der Waals surface area contributed by atoms with Crippen LogP contribution in [0.25, 0.3) is 20.8 Å². The molecule has 2 heterocycles. The number of hydrogen-bond acceptors (Lipinski definition) is 5. The van der Waals surface area contributed by atoms with Crippen LogP contribution in [0.3, 0.4) is 0 Å². The highest BCUT2D eigenvalue weighted by Gasteiger charge is 2.19. The molecule has 1 amide bonds. The Kier molecular flexibility index (Phi) is 5.36. The summed E-state index contributed by atoms with van der Waals surface area (Å²) in [6.45, 7) is 3.09. The van der Waals surface area contributed by atoms with Crippen LogP contribution >= 0.6 is 11.3 Å². The van der Waals surface area contributed by atoms with E-state index in [4.69, 9.17) is 9.47 Å². The summed E-state index contributed by atoms with van der Waals surface area (Å²) in [6, 6.07) is 15.8. The summed E-state index contributed by atoms with van der Waals surface area (Å²) in [6.07, 6.45) is 1.64. The molecule has 1 saturated heterocycles. The van der Waals surface area contributed by atoms with Crippen molar-refractivity contribution in [2.24, 2.45) is 0 Å². The van der Waals surface area contributed by atoms with E-state index in [1.165, 1.54) is 4.70 Å². The Morgan fingerprint density at radius 1 is 1.30 bits per heavy atom. The van der Waals surface area contributed by atoms with Crippen molar-refractivity contribution in [1.29, 1.82) is 0 Å². The molecule has 0 bridgehead atoms. The molecule has 1 aliphatic rings. The third-order valence-electron chi connectivity index (χ3n) is 4.61. The normalized spacial score (nSPS) is 17.7. The third-order valence-corrected chi connectivity index (χ3v) is 5.69. The number of thiazole rings is 1. The molecular formula is C21H22N2O3S. The fourth-order valence-corrected chi connectivity index (χ4v) is 4.06. The lowest BCUT2D eigenvalue weighted by Crippen LogP contribution is -2.40. The highest BCUT2D eigenvalue weighted by atomic mass is 32.1. The SMILES string of the molecule is CC(Oc1ccc(-c2nc3ccccc3s2)cc1)C(=O)NCC1CCCO1. The van der Waals surface area contributed by atoms with Gasteiger partial charge in [0.1, 0.15) is 10.8 Å². The van der Waals surface area contributed by atoms with Crippen molar-refractivity contribution >= 4 is 27.5 Å². The van der Waals surface area contributed by atoms with E-state index in [0.717, 1.165) is 35.5 Å². The van der Waals surface area contributed by atoms with Crippen LogP contribution in [0, 0.1) is 0 Å². The molecule has 1 fully saturated rings. The molecule has 1 N–H and O–H groups in total. The zero-order valence-electron chi connectivity index (χ0n) is 15.2. The Bertz CT molecular complexity index is 884. The average Bonchev–Trinajstić information content (AvgIpc) is 3.36. The predicted molar refractivity (Wildman–Crippen MR) is 107 cm³/mol. The van der Waals surface area contributed by atoms with Gasteiger partial charge in [0.05, 0.1) is 16.3 Å². The molecule has 4 rings (SSSR count). The van der Waals surface area contributed by atoms with Crippen LogP contribution in [0.1, 0.15) is 19.8 Å². The van der Waals surface area contributed by atoms with Crippen molar-refractivity contribution in [1.82, 2.24) is 10.3 Å². The van der Waals surface area contributed by atoms with Gasteiger partial charge < -0.3 is 14.8 Å². The molecule has 2 aromatic carbocycles. The number of nitrogens with one attached hydrogen (secondary N) is 1. The maximum absolute atomic E-state index is 12.2. The van der Waals surface area contributed by atoms with Gasteiger partial charge in [-0.2, -0.15) is 0 Å². The van der Waals surface area contributed by atoms with E-state index in [2.05, 4.69) is 16.4 Å². The van der Waals surface area contributed by atoms with Gasteiger partial charge in [-0.25, -0.2) is 4.98 Å². The Hall–Kier alpha value is -2.44. The minimum atomic E-state index is -0.556. The average molecular weight is 382 g/mol. The smallest absolute Gasteiger partial charge is 0.260 e. The molecule has 0 aliphatic carbocycles. The molecule has 6 heteroatoms. The zero-order chi connectivity index (χ0) is 18.6. The van der Waals surface area contributed by atoms with Gasteiger partial charge in [0, 0.05) is 18.7 Å². The van der Waals surface area contributed by atoms with E-state index in [0.29, 0.717) is 12.3 Å². The summed E-state index contributed by atoms with van der Waals surface area (Å²) < 4.78 is 12.5. The number of fused-ring (bicyclic) bond motifs is 1. The quantitative estimate of drug-likeness (QED) is 0.699. The van der Waals surface area contributed by atoms with Crippen LogP contribution < -0.4 is 10.1 Å².